The van der Waals surface area contributed by atoms with Crippen molar-refractivity contribution >= 4 is 0 Å². The Balaban J connectivity index is 0. The minimum absolute atomic E-state index is 0.00231. The van der Waals surface area contributed by atoms with Crippen molar-refractivity contribution in [2.75, 3.05) is 19.8 Å². The molecule has 0 saturated carbocycles. The van der Waals surface area contributed by atoms with Crippen LogP contribution in [0.15, 0.2) is 0 Å². The van der Waals surface area contributed by atoms with E-state index in [0.717, 1.165) is 0 Å². The Morgan fingerprint density at radius 2 is 1.00 bits per heavy atom. The van der Waals surface area contributed by atoms with Gasteiger partial charge in [-0.25, -0.2) is 0 Å². The second kappa shape index (κ2) is 11.2. The normalized spacial score (nSPS) is 16.3. The van der Waals surface area contributed by atoms with Crippen LogP contribution in [-0.4, -0.2) is 85.3 Å². The van der Waals surface area contributed by atoms with Crippen molar-refractivity contribution in [2.24, 2.45) is 0 Å². The first kappa shape index (κ1) is 18.1. The summed E-state index contributed by atoms with van der Waals surface area (Å²) in [5.74, 6) is 0. The average Bonchev–Trinajstić information content (AvgIpc) is 2.28. The highest BCUT2D eigenvalue weighted by Crippen LogP contribution is 1.92. The smallest absolute Gasteiger partial charge is 0.178 e. The molecule has 3 unspecified atom stereocenters. The third-order valence-electron chi connectivity index (χ3n) is 1.59. The zero-order chi connectivity index (χ0) is 13.1. The first-order valence-corrected chi connectivity index (χ1v) is 4.63. The van der Waals surface area contributed by atoms with Gasteiger partial charge in [-0.05, 0) is 0 Å². The molecule has 0 aliphatic heterocycles. The maximum absolute atomic E-state index is 8.47. The Morgan fingerprint density at radius 3 is 1.12 bits per heavy atom. The molecule has 8 N–H and O–H groups in total. The van der Waals surface area contributed by atoms with Gasteiger partial charge in [-0.3, -0.25) is 0 Å². The topological polar surface area (TPSA) is 162 Å². The maximum atomic E-state index is 8.47. The number of rotatable bonds is 6. The zero-order valence-electron chi connectivity index (χ0n) is 8.72. The monoisotopic (exact) mass is 244 g/mol. The van der Waals surface area contributed by atoms with Gasteiger partial charge in [0.05, 0.1) is 13.2 Å². The number of aliphatic hydroxyl groups excluding tert-OH is 7. The number of hydrogen-bond acceptors (Lipinski definition) is 8. The van der Waals surface area contributed by atoms with E-state index in [1.165, 1.54) is 0 Å². The van der Waals surface area contributed by atoms with Gasteiger partial charge < -0.3 is 40.9 Å². The molecule has 8 nitrogen and oxygen atoms in total. The van der Waals surface area contributed by atoms with Crippen LogP contribution < -0.4 is 0 Å². The maximum Gasteiger partial charge on any atom is 0.178 e. The molecule has 0 amide bonds. The largest absolute Gasteiger partial charge is 0.396 e. The van der Waals surface area contributed by atoms with Crippen LogP contribution in [0.25, 0.3) is 0 Å². The van der Waals surface area contributed by atoms with Gasteiger partial charge in [-0.2, -0.15) is 0 Å². The average molecular weight is 244 g/mol. The Hall–Kier alpha value is -0.320. The van der Waals surface area contributed by atoms with Gasteiger partial charge in [0.2, 0.25) is 0 Å². The Labute approximate surface area is 92.7 Å². The van der Waals surface area contributed by atoms with Crippen molar-refractivity contribution in [1.82, 2.24) is 0 Å². The van der Waals surface area contributed by atoms with Gasteiger partial charge in [0, 0.05) is 13.0 Å². The van der Waals surface area contributed by atoms with E-state index >= 15 is 0 Å². The fourth-order valence-corrected chi connectivity index (χ4v) is 0.525. The highest BCUT2D eigenvalue weighted by Gasteiger charge is 2.12. The van der Waals surface area contributed by atoms with Crippen molar-refractivity contribution in [3.05, 3.63) is 0 Å². The van der Waals surface area contributed by atoms with E-state index in [2.05, 4.69) is 0 Å². The number of hydrogen-bond donors (Lipinski definition) is 8. The summed E-state index contributed by atoms with van der Waals surface area (Å²) in [5.41, 5.74) is 0. The molecule has 0 fully saturated rings. The molecule has 8 heteroatoms. The van der Waals surface area contributed by atoms with Crippen molar-refractivity contribution in [3.63, 3.8) is 0 Å². The van der Waals surface area contributed by atoms with Gasteiger partial charge in [-0.15, -0.1) is 0 Å². The Kier molecular flexibility index (Phi) is 12.6. The van der Waals surface area contributed by atoms with Crippen molar-refractivity contribution in [2.45, 2.75) is 31.0 Å². The quantitative estimate of drug-likeness (QED) is 0.218. The first-order chi connectivity index (χ1) is 7.40. The Bertz CT molecular complexity index is 134. The van der Waals surface area contributed by atoms with E-state index in [4.69, 9.17) is 40.9 Å². The minimum atomic E-state index is -1.73. The van der Waals surface area contributed by atoms with Crippen LogP contribution in [0, 0.1) is 0 Å². The van der Waals surface area contributed by atoms with E-state index in [0.29, 0.717) is 0 Å². The summed E-state index contributed by atoms with van der Waals surface area (Å²) in [4.78, 5) is 0. The van der Waals surface area contributed by atoms with Crippen LogP contribution in [0.4, 0.5) is 0 Å². The van der Waals surface area contributed by atoms with Crippen LogP contribution in [0.5, 0.6) is 0 Å². The molecule has 0 aromatic rings. The molecule has 16 heavy (non-hydrogen) atoms. The lowest BCUT2D eigenvalue weighted by molar-refractivity contribution is -0.126. The highest BCUT2D eigenvalue weighted by atomic mass is 16.5. The first-order valence-electron chi connectivity index (χ1n) is 4.63. The van der Waals surface area contributed by atoms with Crippen molar-refractivity contribution in [1.29, 1.82) is 0 Å². The summed E-state index contributed by atoms with van der Waals surface area (Å²) >= 11 is 0. The Morgan fingerprint density at radius 1 is 0.625 bits per heavy atom. The lowest BCUT2D eigenvalue weighted by atomic mass is 10.2. The lowest BCUT2D eigenvalue weighted by Gasteiger charge is -2.10. The molecule has 0 rings (SSSR count). The molecule has 100 valence electrons. The summed E-state index contributed by atoms with van der Waals surface area (Å²) in [7, 11) is 0. The molecule has 0 aliphatic rings. The molecule has 0 aromatic carbocycles. The van der Waals surface area contributed by atoms with Crippen LogP contribution in [-0.2, 0) is 0 Å². The summed E-state index contributed by atoms with van der Waals surface area (Å²) in [5, 5.41) is 66.0. The third-order valence-corrected chi connectivity index (χ3v) is 1.59. The van der Waals surface area contributed by atoms with Gasteiger partial charge in [0.25, 0.3) is 0 Å². The van der Waals surface area contributed by atoms with Crippen LogP contribution in [0.2, 0.25) is 0 Å². The van der Waals surface area contributed by atoms with Gasteiger partial charge >= 0.3 is 0 Å². The molecule has 0 radical (unpaired) electrons. The molecule has 3 atom stereocenters. The van der Waals surface area contributed by atoms with Crippen LogP contribution in [0.3, 0.4) is 0 Å². The van der Waals surface area contributed by atoms with Crippen LogP contribution in [0.1, 0.15) is 6.42 Å². The van der Waals surface area contributed by atoms with Crippen LogP contribution >= 0.6 is 0 Å². The summed E-state index contributed by atoms with van der Waals surface area (Å²) in [6.07, 6.45) is -5.40. The van der Waals surface area contributed by atoms with E-state index < -0.39 is 37.8 Å². The van der Waals surface area contributed by atoms with E-state index in [1.807, 2.05) is 0 Å². The molecule has 0 spiro atoms. The van der Waals surface area contributed by atoms with Gasteiger partial charge in [0.15, 0.2) is 6.29 Å². The summed E-state index contributed by atoms with van der Waals surface area (Å²) in [6, 6.07) is 0. The molecular formula is C8H20O8. The molecule has 0 bridgehead atoms. The minimum Gasteiger partial charge on any atom is -0.396 e. The van der Waals surface area contributed by atoms with Gasteiger partial charge in [0.1, 0.15) is 18.3 Å². The predicted octanol–water partition coefficient (Wildman–Crippen LogP) is -4.27. The second-order valence-electron chi connectivity index (χ2n) is 2.99. The van der Waals surface area contributed by atoms with Gasteiger partial charge in [-0.1, -0.05) is 0 Å². The lowest BCUT2D eigenvalue weighted by Crippen LogP contribution is -2.31. The third kappa shape index (κ3) is 10.2. The van der Waals surface area contributed by atoms with Crippen molar-refractivity contribution < 1.29 is 40.9 Å². The fourth-order valence-electron chi connectivity index (χ4n) is 0.525. The molecule has 0 aromatic heterocycles. The number of aliphatic hydroxyl groups is 8. The zero-order valence-corrected chi connectivity index (χ0v) is 8.72. The van der Waals surface area contributed by atoms with E-state index in [-0.39, 0.29) is 13.0 Å². The fraction of sp³-hybridized carbons (Fsp3) is 1.00. The molecule has 0 saturated heterocycles. The highest BCUT2D eigenvalue weighted by molar-refractivity contribution is 4.62. The standard InChI is InChI=1S/2C4H10O4/c5-1-3(7)4(8)2-6;5-2-1-3(6)4(7)8/h2*3-8H,1-2H2. The SMILES string of the molecule is OCC(O)C(O)CO.OCCC(O)C(O)O. The summed E-state index contributed by atoms with van der Waals surface area (Å²) in [6.45, 7) is -1.29. The molecule has 0 heterocycles. The predicted molar refractivity (Wildman–Crippen MR) is 52.1 cm³/mol. The molecule has 0 aliphatic carbocycles. The van der Waals surface area contributed by atoms with E-state index in [9.17, 15) is 0 Å². The molecular weight excluding hydrogens is 224 g/mol. The van der Waals surface area contributed by atoms with Crippen molar-refractivity contribution in [3.8, 4) is 0 Å². The van der Waals surface area contributed by atoms with E-state index in [1.54, 1.807) is 0 Å². The second-order valence-corrected chi connectivity index (χ2v) is 2.99. The summed E-state index contributed by atoms with van der Waals surface area (Å²) < 4.78 is 0.